The normalized spacial score (nSPS) is 14.7. The van der Waals surface area contributed by atoms with Gasteiger partial charge < -0.3 is 9.84 Å². The third-order valence-corrected chi connectivity index (χ3v) is 5.52. The molecule has 1 unspecified atom stereocenters. The van der Waals surface area contributed by atoms with Crippen molar-refractivity contribution in [3.63, 3.8) is 0 Å². The lowest BCUT2D eigenvalue weighted by Gasteiger charge is -2.27. The predicted molar refractivity (Wildman–Crippen MR) is 114 cm³/mol. The number of nitrogens with zero attached hydrogens (tertiary/aromatic N) is 5. The SMILES string of the molecule is Cc1ccc(C2c3ccc(O)cc3Oc3ncn4nc(-c5cccnc5)nc4c32)cc1. The number of rotatable bonds is 2. The zero-order valence-corrected chi connectivity index (χ0v) is 16.6. The van der Waals surface area contributed by atoms with E-state index in [0.29, 0.717) is 23.1 Å². The fraction of sp³-hybridized carbons (Fsp3) is 0.0833. The summed E-state index contributed by atoms with van der Waals surface area (Å²) in [6, 6.07) is 17.3. The van der Waals surface area contributed by atoms with E-state index in [0.717, 1.165) is 22.3 Å². The van der Waals surface area contributed by atoms with Crippen LogP contribution in [0.3, 0.4) is 0 Å². The Kier molecular flexibility index (Phi) is 3.76. The minimum atomic E-state index is -0.165. The fourth-order valence-electron chi connectivity index (χ4n) is 4.03. The third-order valence-electron chi connectivity index (χ3n) is 5.52. The maximum absolute atomic E-state index is 10.00. The maximum atomic E-state index is 10.00. The molecule has 1 aliphatic rings. The molecule has 0 spiro atoms. The number of fused-ring (bicyclic) bond motifs is 4. The molecular weight excluding hydrogens is 390 g/mol. The largest absolute Gasteiger partial charge is 0.508 e. The van der Waals surface area contributed by atoms with Crippen LogP contribution in [0.25, 0.3) is 17.0 Å². The summed E-state index contributed by atoms with van der Waals surface area (Å²) < 4.78 is 7.77. The Labute approximate surface area is 177 Å². The van der Waals surface area contributed by atoms with Crippen molar-refractivity contribution < 1.29 is 9.84 Å². The molecule has 0 aliphatic carbocycles. The van der Waals surface area contributed by atoms with E-state index in [2.05, 4.69) is 46.3 Å². The number of ether oxygens (including phenoxy) is 1. The Balaban J connectivity index is 1.62. The van der Waals surface area contributed by atoms with E-state index in [9.17, 15) is 5.11 Å². The van der Waals surface area contributed by atoms with Gasteiger partial charge in [0, 0.05) is 35.5 Å². The minimum Gasteiger partial charge on any atom is -0.508 e. The molecule has 0 saturated carbocycles. The van der Waals surface area contributed by atoms with Gasteiger partial charge in [-0.25, -0.2) is 14.5 Å². The highest BCUT2D eigenvalue weighted by Crippen LogP contribution is 2.48. The second-order valence-corrected chi connectivity index (χ2v) is 7.58. The Bertz CT molecular complexity index is 1430. The lowest BCUT2D eigenvalue weighted by Crippen LogP contribution is -2.15. The molecule has 0 bridgehead atoms. The lowest BCUT2D eigenvalue weighted by atomic mass is 9.83. The standard InChI is InChI=1S/C24H17N5O2/c1-14-4-6-15(7-5-14)20-18-9-8-17(30)11-19(18)31-24-21(20)23-27-22(28-29(23)13-26-24)16-3-2-10-25-12-16/h2-13,20,30H,1H3. The molecule has 0 fully saturated rings. The van der Waals surface area contributed by atoms with Crippen LogP contribution in [0, 0.1) is 6.92 Å². The van der Waals surface area contributed by atoms with Crippen LogP contribution in [-0.4, -0.2) is 29.7 Å². The number of hydrogen-bond donors (Lipinski definition) is 1. The first-order valence-electron chi connectivity index (χ1n) is 9.90. The van der Waals surface area contributed by atoms with Crippen LogP contribution in [0.5, 0.6) is 17.4 Å². The molecule has 0 amide bonds. The molecule has 0 saturated heterocycles. The molecule has 0 radical (unpaired) electrons. The minimum absolute atomic E-state index is 0.146. The van der Waals surface area contributed by atoms with E-state index in [-0.39, 0.29) is 11.7 Å². The van der Waals surface area contributed by atoms with Crippen molar-refractivity contribution in [2.75, 3.05) is 0 Å². The van der Waals surface area contributed by atoms with Crippen LogP contribution in [0.2, 0.25) is 0 Å². The van der Waals surface area contributed by atoms with Crippen LogP contribution in [0.15, 0.2) is 73.3 Å². The van der Waals surface area contributed by atoms with Gasteiger partial charge in [0.05, 0.1) is 5.56 Å². The molecular formula is C24H17N5O2. The van der Waals surface area contributed by atoms with Crippen LogP contribution in [0.4, 0.5) is 0 Å². The number of aromatic nitrogens is 5. The topological polar surface area (TPSA) is 85.4 Å². The van der Waals surface area contributed by atoms with Crippen molar-refractivity contribution in [2.24, 2.45) is 0 Å². The number of phenols is 1. The first-order valence-corrected chi connectivity index (χ1v) is 9.90. The highest BCUT2D eigenvalue weighted by Gasteiger charge is 2.33. The first kappa shape index (κ1) is 17.6. The number of hydrogen-bond acceptors (Lipinski definition) is 6. The van der Waals surface area contributed by atoms with Crippen LogP contribution < -0.4 is 4.74 Å². The highest BCUT2D eigenvalue weighted by atomic mass is 16.5. The van der Waals surface area contributed by atoms with Gasteiger partial charge in [0.2, 0.25) is 5.88 Å². The van der Waals surface area contributed by atoms with Crippen molar-refractivity contribution in [1.29, 1.82) is 0 Å². The van der Waals surface area contributed by atoms with Gasteiger partial charge in [-0.1, -0.05) is 35.9 Å². The molecule has 6 rings (SSSR count). The maximum Gasteiger partial charge on any atom is 0.228 e. The van der Waals surface area contributed by atoms with Crippen LogP contribution >= 0.6 is 0 Å². The van der Waals surface area contributed by atoms with Crippen molar-refractivity contribution in [2.45, 2.75) is 12.8 Å². The van der Waals surface area contributed by atoms with Gasteiger partial charge >= 0.3 is 0 Å². The van der Waals surface area contributed by atoms with E-state index in [1.165, 1.54) is 5.56 Å². The molecule has 4 heterocycles. The molecule has 3 aromatic heterocycles. The van der Waals surface area contributed by atoms with E-state index in [1.807, 2.05) is 18.2 Å². The smallest absolute Gasteiger partial charge is 0.228 e. The Morgan fingerprint density at radius 1 is 1.06 bits per heavy atom. The van der Waals surface area contributed by atoms with E-state index in [4.69, 9.17) is 9.72 Å². The van der Waals surface area contributed by atoms with Crippen LogP contribution in [-0.2, 0) is 0 Å². The molecule has 1 aliphatic heterocycles. The molecule has 150 valence electrons. The summed E-state index contributed by atoms with van der Waals surface area (Å²) in [5.41, 5.74) is 5.55. The molecule has 7 heteroatoms. The number of aryl methyl sites for hydroxylation is 1. The Morgan fingerprint density at radius 2 is 1.94 bits per heavy atom. The monoisotopic (exact) mass is 407 g/mol. The number of aromatic hydroxyl groups is 1. The van der Waals surface area contributed by atoms with E-state index >= 15 is 0 Å². The van der Waals surface area contributed by atoms with E-state index < -0.39 is 0 Å². The average molecular weight is 407 g/mol. The van der Waals surface area contributed by atoms with Gasteiger partial charge in [-0.05, 0) is 30.7 Å². The van der Waals surface area contributed by atoms with Gasteiger partial charge in [-0.2, -0.15) is 0 Å². The van der Waals surface area contributed by atoms with Gasteiger partial charge in [-0.15, -0.1) is 5.10 Å². The lowest BCUT2D eigenvalue weighted by molar-refractivity contribution is 0.422. The zero-order valence-electron chi connectivity index (χ0n) is 16.6. The summed E-state index contributed by atoms with van der Waals surface area (Å²) in [4.78, 5) is 13.5. The second kappa shape index (κ2) is 6.63. The molecule has 5 aromatic rings. The van der Waals surface area contributed by atoms with Gasteiger partial charge in [0.25, 0.3) is 0 Å². The number of benzene rings is 2. The molecule has 2 aromatic carbocycles. The van der Waals surface area contributed by atoms with Crippen molar-refractivity contribution in [1.82, 2.24) is 24.6 Å². The summed E-state index contributed by atoms with van der Waals surface area (Å²) in [6.45, 7) is 2.06. The zero-order chi connectivity index (χ0) is 20.9. The summed E-state index contributed by atoms with van der Waals surface area (Å²) in [6.07, 6.45) is 5.05. The highest BCUT2D eigenvalue weighted by molar-refractivity contribution is 5.68. The summed E-state index contributed by atoms with van der Waals surface area (Å²) in [5.74, 6) is 1.60. The fourth-order valence-corrected chi connectivity index (χ4v) is 4.03. The third kappa shape index (κ3) is 2.82. The number of phenolic OH excluding ortho intramolecular Hbond substituents is 1. The van der Waals surface area contributed by atoms with E-state index in [1.54, 1.807) is 35.4 Å². The average Bonchev–Trinajstić information content (AvgIpc) is 3.23. The van der Waals surface area contributed by atoms with Crippen molar-refractivity contribution in [3.05, 3.63) is 95.6 Å². The van der Waals surface area contributed by atoms with Crippen molar-refractivity contribution in [3.8, 4) is 28.8 Å². The molecule has 1 N–H and O–H groups in total. The Morgan fingerprint density at radius 3 is 2.74 bits per heavy atom. The van der Waals surface area contributed by atoms with Crippen LogP contribution in [0.1, 0.15) is 28.2 Å². The molecule has 7 nitrogen and oxygen atoms in total. The summed E-state index contributed by atoms with van der Waals surface area (Å²) in [7, 11) is 0. The predicted octanol–water partition coefficient (Wildman–Crippen LogP) is 4.49. The first-order chi connectivity index (χ1) is 15.2. The van der Waals surface area contributed by atoms with Crippen molar-refractivity contribution >= 4 is 5.65 Å². The van der Waals surface area contributed by atoms with Gasteiger partial charge in [-0.3, -0.25) is 4.98 Å². The molecule has 1 atom stereocenters. The summed E-state index contributed by atoms with van der Waals surface area (Å²) in [5, 5.41) is 14.6. The summed E-state index contributed by atoms with van der Waals surface area (Å²) >= 11 is 0. The second-order valence-electron chi connectivity index (χ2n) is 7.58. The van der Waals surface area contributed by atoms with Gasteiger partial charge in [0.15, 0.2) is 11.5 Å². The number of pyridine rings is 1. The van der Waals surface area contributed by atoms with Gasteiger partial charge in [0.1, 0.15) is 17.8 Å². The quantitative estimate of drug-likeness (QED) is 0.455. The Hall–Kier alpha value is -4.26. The molecule has 31 heavy (non-hydrogen) atoms.